The van der Waals surface area contributed by atoms with E-state index >= 15 is 0 Å². The van der Waals surface area contributed by atoms with Crippen molar-refractivity contribution in [2.24, 2.45) is 0 Å². The molecule has 7 heteroatoms. The van der Waals surface area contributed by atoms with Gasteiger partial charge in [-0.15, -0.1) is 11.3 Å². The summed E-state index contributed by atoms with van der Waals surface area (Å²) >= 11 is 1.37. The van der Waals surface area contributed by atoms with E-state index in [4.69, 9.17) is 14.7 Å². The van der Waals surface area contributed by atoms with E-state index in [-0.39, 0.29) is 18.0 Å². The SMILES string of the molecule is C[C@@H](C(=O)Nc1sccc1C#N)N1CCC[C@@H]1c1ccc2c(c1)OCCCO2. The highest BCUT2D eigenvalue weighted by Gasteiger charge is 2.33. The van der Waals surface area contributed by atoms with Crippen LogP contribution in [0.1, 0.15) is 43.4 Å². The number of likely N-dealkylation sites (tertiary alicyclic amines) is 1. The summed E-state index contributed by atoms with van der Waals surface area (Å²) in [6.45, 7) is 4.12. The number of ether oxygens (including phenoxy) is 2. The second-order valence-electron chi connectivity index (χ2n) is 7.09. The molecule has 0 bridgehead atoms. The Morgan fingerprint density at radius 2 is 2.11 bits per heavy atom. The highest BCUT2D eigenvalue weighted by Crippen LogP contribution is 2.39. The van der Waals surface area contributed by atoms with E-state index in [1.54, 1.807) is 6.07 Å². The highest BCUT2D eigenvalue weighted by molar-refractivity contribution is 7.14. The average molecular weight is 398 g/mol. The number of benzene rings is 1. The van der Waals surface area contributed by atoms with Gasteiger partial charge >= 0.3 is 0 Å². The number of nitriles is 1. The van der Waals surface area contributed by atoms with Crippen LogP contribution in [-0.2, 0) is 4.79 Å². The lowest BCUT2D eigenvalue weighted by molar-refractivity contribution is -0.121. The fourth-order valence-electron chi connectivity index (χ4n) is 3.86. The second-order valence-corrected chi connectivity index (χ2v) is 8.01. The van der Waals surface area contributed by atoms with Crippen molar-refractivity contribution in [3.05, 3.63) is 40.8 Å². The molecular formula is C21H23N3O3S. The van der Waals surface area contributed by atoms with Gasteiger partial charge in [0.2, 0.25) is 5.91 Å². The van der Waals surface area contributed by atoms with Gasteiger partial charge in [-0.25, -0.2) is 0 Å². The molecule has 2 aliphatic rings. The maximum atomic E-state index is 12.8. The van der Waals surface area contributed by atoms with Gasteiger partial charge in [-0.05, 0) is 55.5 Å². The Kier molecular flexibility index (Phi) is 5.51. The average Bonchev–Trinajstić information content (AvgIpc) is 3.31. The lowest BCUT2D eigenvalue weighted by Gasteiger charge is -2.30. The Labute approximate surface area is 168 Å². The van der Waals surface area contributed by atoms with Crippen molar-refractivity contribution in [1.29, 1.82) is 5.26 Å². The van der Waals surface area contributed by atoms with E-state index in [2.05, 4.69) is 28.4 Å². The lowest BCUT2D eigenvalue weighted by Crippen LogP contribution is -2.41. The Morgan fingerprint density at radius 1 is 1.29 bits per heavy atom. The third kappa shape index (κ3) is 3.71. The van der Waals surface area contributed by atoms with Crippen LogP contribution in [-0.4, -0.2) is 36.6 Å². The molecule has 146 valence electrons. The van der Waals surface area contributed by atoms with Crippen LogP contribution >= 0.6 is 11.3 Å². The number of hydrogen-bond acceptors (Lipinski definition) is 6. The molecular weight excluding hydrogens is 374 g/mol. The molecule has 0 spiro atoms. The molecule has 2 aliphatic heterocycles. The first-order valence-electron chi connectivity index (χ1n) is 9.61. The van der Waals surface area contributed by atoms with Crippen LogP contribution in [0.15, 0.2) is 29.6 Å². The van der Waals surface area contributed by atoms with Gasteiger partial charge < -0.3 is 14.8 Å². The predicted molar refractivity (Wildman–Crippen MR) is 108 cm³/mol. The summed E-state index contributed by atoms with van der Waals surface area (Å²) in [7, 11) is 0. The van der Waals surface area contributed by atoms with E-state index < -0.39 is 0 Å². The molecule has 0 radical (unpaired) electrons. The largest absolute Gasteiger partial charge is 0.490 e. The van der Waals surface area contributed by atoms with Gasteiger partial charge in [-0.3, -0.25) is 9.69 Å². The molecule has 0 saturated carbocycles. The number of anilines is 1. The molecule has 4 rings (SSSR count). The van der Waals surface area contributed by atoms with Crippen molar-refractivity contribution < 1.29 is 14.3 Å². The molecule has 1 aromatic carbocycles. The van der Waals surface area contributed by atoms with Crippen LogP contribution in [0.5, 0.6) is 11.5 Å². The number of fused-ring (bicyclic) bond motifs is 1. The maximum absolute atomic E-state index is 12.8. The smallest absolute Gasteiger partial charge is 0.242 e. The van der Waals surface area contributed by atoms with E-state index in [0.717, 1.165) is 42.9 Å². The van der Waals surface area contributed by atoms with Crippen molar-refractivity contribution in [2.45, 2.75) is 38.3 Å². The van der Waals surface area contributed by atoms with Crippen LogP contribution in [0.3, 0.4) is 0 Å². The Bertz CT molecular complexity index is 905. The van der Waals surface area contributed by atoms with E-state index in [9.17, 15) is 4.79 Å². The molecule has 0 unspecified atom stereocenters. The normalized spacial score (nSPS) is 20.2. The molecule has 1 amide bonds. The van der Waals surface area contributed by atoms with Crippen LogP contribution < -0.4 is 14.8 Å². The van der Waals surface area contributed by atoms with Gasteiger partial charge in [0.25, 0.3) is 0 Å². The molecule has 1 aromatic heterocycles. The molecule has 1 fully saturated rings. The monoisotopic (exact) mass is 397 g/mol. The Balaban J connectivity index is 1.51. The number of carbonyl (C=O) groups is 1. The summed E-state index contributed by atoms with van der Waals surface area (Å²) in [6.07, 6.45) is 2.92. The van der Waals surface area contributed by atoms with E-state index in [1.807, 2.05) is 18.4 Å². The van der Waals surface area contributed by atoms with Gasteiger partial charge in [0, 0.05) is 12.5 Å². The zero-order chi connectivity index (χ0) is 19.5. The number of carbonyl (C=O) groups excluding carboxylic acids is 1. The first-order valence-corrected chi connectivity index (χ1v) is 10.5. The van der Waals surface area contributed by atoms with Crippen molar-refractivity contribution >= 4 is 22.2 Å². The molecule has 6 nitrogen and oxygen atoms in total. The zero-order valence-corrected chi connectivity index (χ0v) is 16.6. The maximum Gasteiger partial charge on any atom is 0.242 e. The van der Waals surface area contributed by atoms with E-state index in [0.29, 0.717) is 23.8 Å². The Morgan fingerprint density at radius 3 is 2.93 bits per heavy atom. The third-order valence-electron chi connectivity index (χ3n) is 5.35. The van der Waals surface area contributed by atoms with Gasteiger partial charge in [0.05, 0.1) is 24.8 Å². The summed E-state index contributed by atoms with van der Waals surface area (Å²) in [5, 5.41) is 14.5. The summed E-state index contributed by atoms with van der Waals surface area (Å²) in [5.41, 5.74) is 1.65. The van der Waals surface area contributed by atoms with Gasteiger partial charge in [-0.1, -0.05) is 6.07 Å². The standard InChI is InChI=1S/C21H23N3O3S/c1-14(20(25)23-21-16(13-22)7-11-28-21)24-8-2-4-17(24)15-5-6-18-19(12-15)27-10-3-9-26-18/h5-7,11-12,14,17H,2-4,8-10H2,1H3,(H,23,25)/t14-,17+/m0/s1. The molecule has 1 saturated heterocycles. The van der Waals surface area contributed by atoms with Crippen LogP contribution in [0.2, 0.25) is 0 Å². The van der Waals surface area contributed by atoms with Gasteiger partial charge in [-0.2, -0.15) is 5.26 Å². The van der Waals surface area contributed by atoms with Gasteiger partial charge in [0.15, 0.2) is 11.5 Å². The van der Waals surface area contributed by atoms with E-state index in [1.165, 1.54) is 11.3 Å². The molecule has 1 N–H and O–H groups in total. The summed E-state index contributed by atoms with van der Waals surface area (Å²) in [6, 6.07) is 9.82. The number of nitrogens with one attached hydrogen (secondary N) is 1. The summed E-state index contributed by atoms with van der Waals surface area (Å²) in [5.74, 6) is 1.50. The number of hydrogen-bond donors (Lipinski definition) is 1. The minimum absolute atomic E-state index is 0.0832. The minimum atomic E-state index is -0.294. The number of rotatable bonds is 4. The molecule has 2 atom stereocenters. The predicted octanol–water partition coefficient (Wildman–Crippen LogP) is 3.95. The molecule has 28 heavy (non-hydrogen) atoms. The highest BCUT2D eigenvalue weighted by atomic mass is 32.1. The fraction of sp³-hybridized carbons (Fsp3) is 0.429. The van der Waals surface area contributed by atoms with Crippen molar-refractivity contribution in [3.63, 3.8) is 0 Å². The number of nitrogens with zero attached hydrogens (tertiary/aromatic N) is 2. The quantitative estimate of drug-likeness (QED) is 0.846. The zero-order valence-electron chi connectivity index (χ0n) is 15.8. The molecule has 2 aromatic rings. The van der Waals surface area contributed by atoms with Crippen molar-refractivity contribution in [3.8, 4) is 17.6 Å². The topological polar surface area (TPSA) is 74.6 Å². The third-order valence-corrected chi connectivity index (χ3v) is 6.18. The van der Waals surface area contributed by atoms with Crippen molar-refractivity contribution in [2.75, 3.05) is 25.1 Å². The number of thiophene rings is 1. The fourth-order valence-corrected chi connectivity index (χ4v) is 4.60. The lowest BCUT2D eigenvalue weighted by atomic mass is 10.0. The summed E-state index contributed by atoms with van der Waals surface area (Å²) in [4.78, 5) is 15.1. The Hall–Kier alpha value is -2.56. The van der Waals surface area contributed by atoms with Crippen molar-refractivity contribution in [1.82, 2.24) is 4.90 Å². The first kappa shape index (κ1) is 18.8. The summed E-state index contributed by atoms with van der Waals surface area (Å²) < 4.78 is 11.6. The number of amides is 1. The van der Waals surface area contributed by atoms with Crippen LogP contribution in [0.25, 0.3) is 0 Å². The van der Waals surface area contributed by atoms with Gasteiger partial charge in [0.1, 0.15) is 11.1 Å². The van der Waals surface area contributed by atoms with Crippen LogP contribution in [0.4, 0.5) is 5.00 Å². The molecule has 0 aliphatic carbocycles. The molecule has 3 heterocycles. The second kappa shape index (κ2) is 8.21. The van der Waals surface area contributed by atoms with Crippen LogP contribution in [0, 0.1) is 11.3 Å². The first-order chi connectivity index (χ1) is 13.7. The minimum Gasteiger partial charge on any atom is -0.490 e.